The maximum atomic E-state index is 10.3. The zero-order valence-corrected chi connectivity index (χ0v) is 6.04. The predicted molar refractivity (Wildman–Crippen MR) is 38.5 cm³/mol. The molecule has 1 amide bonds. The third-order valence-corrected chi connectivity index (χ3v) is 1.23. The molecule has 0 spiro atoms. The van der Waals surface area contributed by atoms with E-state index in [0.717, 1.165) is 0 Å². The Morgan fingerprint density at radius 3 is 2.73 bits per heavy atom. The number of nitrogens with one attached hydrogen (secondary N) is 1. The van der Waals surface area contributed by atoms with Crippen molar-refractivity contribution in [2.45, 2.75) is 18.9 Å². The summed E-state index contributed by atoms with van der Waals surface area (Å²) in [7, 11) is 0. The Labute approximate surface area is 64.6 Å². The first-order chi connectivity index (χ1) is 5.22. The molecule has 63 valence electrons. The van der Waals surface area contributed by atoms with Crippen LogP contribution in [0, 0.1) is 0 Å². The van der Waals surface area contributed by atoms with E-state index in [4.69, 9.17) is 10.8 Å². The van der Waals surface area contributed by atoms with E-state index in [-0.39, 0.29) is 0 Å². The average molecular weight is 159 g/mol. The van der Waals surface area contributed by atoms with Crippen LogP contribution in [0.4, 0.5) is 0 Å². The van der Waals surface area contributed by atoms with Gasteiger partial charge in [0.1, 0.15) is 6.04 Å². The molecule has 4 N–H and O–H groups in total. The zero-order valence-electron chi connectivity index (χ0n) is 6.04. The number of aliphatic carboxylic acids is 1. The molecule has 1 radical (unpaired) electrons. The lowest BCUT2D eigenvalue weighted by molar-refractivity contribution is -0.139. The Morgan fingerprint density at radius 1 is 1.73 bits per heavy atom. The van der Waals surface area contributed by atoms with E-state index < -0.39 is 12.0 Å². The highest BCUT2D eigenvalue weighted by Crippen LogP contribution is 1.94. The van der Waals surface area contributed by atoms with Crippen molar-refractivity contribution in [2.75, 3.05) is 6.54 Å². The number of hydrogen-bond donors (Lipinski definition) is 3. The van der Waals surface area contributed by atoms with Crippen molar-refractivity contribution in [1.82, 2.24) is 5.32 Å². The van der Waals surface area contributed by atoms with Gasteiger partial charge >= 0.3 is 12.4 Å². The molecular formula is C6H11N2O3. The number of rotatable bonds is 6. The number of amides is 1. The summed E-state index contributed by atoms with van der Waals surface area (Å²) in [5.74, 6) is -1.05. The van der Waals surface area contributed by atoms with Crippen molar-refractivity contribution in [3.8, 4) is 0 Å². The maximum absolute atomic E-state index is 10.3. The van der Waals surface area contributed by atoms with Gasteiger partial charge in [0.05, 0.1) is 0 Å². The van der Waals surface area contributed by atoms with Gasteiger partial charge in [-0.1, -0.05) is 0 Å². The molecule has 0 aliphatic heterocycles. The Kier molecular flexibility index (Phi) is 5.10. The van der Waals surface area contributed by atoms with Gasteiger partial charge < -0.3 is 16.2 Å². The van der Waals surface area contributed by atoms with E-state index in [0.29, 0.717) is 19.4 Å². The first-order valence-electron chi connectivity index (χ1n) is 3.28. The highest BCUT2D eigenvalue weighted by molar-refractivity contribution is 5.76. The van der Waals surface area contributed by atoms with Crippen LogP contribution in [0.5, 0.6) is 0 Å². The molecule has 0 heterocycles. The van der Waals surface area contributed by atoms with E-state index in [9.17, 15) is 9.59 Å². The minimum Gasteiger partial charge on any atom is -0.480 e. The molecule has 0 aliphatic carbocycles. The molecule has 0 bridgehead atoms. The van der Waals surface area contributed by atoms with Gasteiger partial charge in [-0.05, 0) is 19.4 Å². The second kappa shape index (κ2) is 5.67. The highest BCUT2D eigenvalue weighted by atomic mass is 16.4. The quantitative estimate of drug-likeness (QED) is 0.426. The molecular weight excluding hydrogens is 148 g/mol. The van der Waals surface area contributed by atoms with Crippen LogP contribution >= 0.6 is 0 Å². The standard InChI is InChI=1S/C6H11N2O3/c7-3-1-2-5(6(10)11)8-4-9/h5H,1-3,7H2,(H,8,9)(H,10,11). The van der Waals surface area contributed by atoms with Gasteiger partial charge in [0.15, 0.2) is 0 Å². The molecule has 0 fully saturated rings. The first kappa shape index (κ1) is 9.90. The van der Waals surface area contributed by atoms with Gasteiger partial charge in [0.2, 0.25) is 0 Å². The minimum absolute atomic E-state index is 0.348. The normalized spacial score (nSPS) is 12.1. The number of hydrogen-bond acceptors (Lipinski definition) is 3. The first-order valence-corrected chi connectivity index (χ1v) is 3.28. The molecule has 0 aromatic rings. The summed E-state index contributed by atoms with van der Waals surface area (Å²) in [5, 5.41) is 10.5. The van der Waals surface area contributed by atoms with Crippen molar-refractivity contribution in [1.29, 1.82) is 0 Å². The third kappa shape index (κ3) is 4.32. The van der Waals surface area contributed by atoms with E-state index in [2.05, 4.69) is 5.32 Å². The van der Waals surface area contributed by atoms with Crippen molar-refractivity contribution >= 4 is 12.4 Å². The number of nitrogens with two attached hydrogens (primary N) is 1. The average Bonchev–Trinajstić information content (AvgIpc) is 1.97. The van der Waals surface area contributed by atoms with E-state index in [1.165, 1.54) is 6.41 Å². The fraction of sp³-hybridized carbons (Fsp3) is 0.667. The molecule has 1 unspecified atom stereocenters. The monoisotopic (exact) mass is 159 g/mol. The third-order valence-electron chi connectivity index (χ3n) is 1.23. The molecule has 0 rings (SSSR count). The summed E-state index contributed by atoms with van der Waals surface area (Å²) in [6, 6.07) is -0.851. The van der Waals surface area contributed by atoms with Crippen LogP contribution in [0.2, 0.25) is 0 Å². The molecule has 11 heavy (non-hydrogen) atoms. The van der Waals surface area contributed by atoms with Gasteiger partial charge in [-0.3, -0.25) is 4.79 Å². The van der Waals surface area contributed by atoms with E-state index in [1.54, 1.807) is 0 Å². The molecule has 1 atom stereocenters. The fourth-order valence-corrected chi connectivity index (χ4v) is 0.650. The topological polar surface area (TPSA) is 92.4 Å². The molecule has 0 aliphatic rings. The van der Waals surface area contributed by atoms with Crippen molar-refractivity contribution in [3.63, 3.8) is 0 Å². The smallest absolute Gasteiger partial charge is 0.326 e. The summed E-state index contributed by atoms with van der Waals surface area (Å²) in [6.45, 7) is 0.421. The largest absolute Gasteiger partial charge is 0.480 e. The number of carboxylic acid groups (broad SMARTS) is 1. The van der Waals surface area contributed by atoms with Crippen LogP contribution in [0.3, 0.4) is 0 Å². The molecule has 0 aromatic carbocycles. The van der Waals surface area contributed by atoms with Crippen LogP contribution < -0.4 is 11.1 Å². The van der Waals surface area contributed by atoms with Crippen LogP contribution in [0.1, 0.15) is 12.8 Å². The molecule has 0 saturated heterocycles. The summed E-state index contributed by atoms with van der Waals surface area (Å²) < 4.78 is 0. The predicted octanol–water partition coefficient (Wildman–Crippen LogP) is -1.16. The van der Waals surface area contributed by atoms with Crippen molar-refractivity contribution < 1.29 is 14.7 Å². The van der Waals surface area contributed by atoms with Crippen LogP contribution in [-0.2, 0) is 9.59 Å². The lowest BCUT2D eigenvalue weighted by Crippen LogP contribution is -2.35. The van der Waals surface area contributed by atoms with Crippen molar-refractivity contribution in [2.24, 2.45) is 5.73 Å². The SMILES string of the molecule is NCCCC(N[C]=O)C(=O)O. The van der Waals surface area contributed by atoms with Gasteiger partial charge in [0.25, 0.3) is 0 Å². The van der Waals surface area contributed by atoms with Gasteiger partial charge in [-0.25, -0.2) is 4.79 Å². The summed E-state index contributed by atoms with van der Waals surface area (Å²) in [5.41, 5.74) is 5.15. The Balaban J connectivity index is 3.69. The Bertz CT molecular complexity index is 138. The molecule has 5 nitrogen and oxygen atoms in total. The van der Waals surface area contributed by atoms with Crippen molar-refractivity contribution in [3.05, 3.63) is 0 Å². The fourth-order valence-electron chi connectivity index (χ4n) is 0.650. The molecule has 0 aromatic heterocycles. The summed E-state index contributed by atoms with van der Waals surface area (Å²) in [6.07, 6.45) is 2.26. The lowest BCUT2D eigenvalue weighted by Gasteiger charge is -2.08. The van der Waals surface area contributed by atoms with Gasteiger partial charge in [-0.15, -0.1) is 0 Å². The Morgan fingerprint density at radius 2 is 2.36 bits per heavy atom. The minimum atomic E-state index is -1.05. The second-order valence-corrected chi connectivity index (χ2v) is 2.07. The molecule has 5 heteroatoms. The van der Waals surface area contributed by atoms with Gasteiger partial charge in [0, 0.05) is 0 Å². The Hall–Kier alpha value is -1.10. The van der Waals surface area contributed by atoms with Crippen LogP contribution in [-0.4, -0.2) is 30.1 Å². The lowest BCUT2D eigenvalue weighted by atomic mass is 10.1. The second-order valence-electron chi connectivity index (χ2n) is 2.07. The zero-order chi connectivity index (χ0) is 8.69. The van der Waals surface area contributed by atoms with E-state index in [1.807, 2.05) is 0 Å². The number of carbonyl (C=O) groups is 1. The van der Waals surface area contributed by atoms with Gasteiger partial charge in [-0.2, -0.15) is 0 Å². The van der Waals surface area contributed by atoms with E-state index >= 15 is 0 Å². The maximum Gasteiger partial charge on any atom is 0.326 e. The van der Waals surface area contributed by atoms with Crippen LogP contribution in [0.15, 0.2) is 0 Å². The highest BCUT2D eigenvalue weighted by Gasteiger charge is 2.14. The van der Waals surface area contributed by atoms with Crippen LogP contribution in [0.25, 0.3) is 0 Å². The summed E-state index contributed by atoms with van der Waals surface area (Å²) >= 11 is 0. The molecule has 0 saturated carbocycles. The number of carboxylic acids is 1. The summed E-state index contributed by atoms with van der Waals surface area (Å²) in [4.78, 5) is 20.1. The number of carbonyl (C=O) groups excluding carboxylic acids is 1.